The molecule has 2 rings (SSSR count). The largest absolute Gasteiger partial charge is 0.462 e. The van der Waals surface area contributed by atoms with Gasteiger partial charge in [-0.25, -0.2) is 14.4 Å². The fourth-order valence-corrected chi connectivity index (χ4v) is 2.74. The molecule has 154 valence electrons. The third-order valence-corrected chi connectivity index (χ3v) is 3.93. The highest BCUT2D eigenvalue weighted by atomic mass is 16.5. The Morgan fingerprint density at radius 2 is 1.48 bits per heavy atom. The Labute approximate surface area is 168 Å². The van der Waals surface area contributed by atoms with Crippen molar-refractivity contribution in [1.82, 2.24) is 4.57 Å². The minimum Gasteiger partial charge on any atom is -0.462 e. The number of benzene rings is 1. The molecular formula is C21H23NO7. The van der Waals surface area contributed by atoms with Crippen molar-refractivity contribution in [2.24, 2.45) is 0 Å². The number of aryl methyl sites for hydroxylation is 1. The monoisotopic (exact) mass is 401 g/mol. The summed E-state index contributed by atoms with van der Waals surface area (Å²) < 4.78 is 16.3. The maximum atomic E-state index is 13.0. The molecule has 2 aromatic rings. The lowest BCUT2D eigenvalue weighted by Gasteiger charge is -2.17. The zero-order chi connectivity index (χ0) is 21.6. The number of pyridine rings is 1. The predicted molar refractivity (Wildman–Crippen MR) is 105 cm³/mol. The van der Waals surface area contributed by atoms with E-state index in [-0.39, 0.29) is 31.1 Å². The van der Waals surface area contributed by atoms with E-state index in [1.54, 1.807) is 39.0 Å². The molecule has 0 spiro atoms. The van der Waals surface area contributed by atoms with E-state index in [2.05, 4.69) is 0 Å². The lowest BCUT2D eigenvalue weighted by Crippen LogP contribution is -2.32. The van der Waals surface area contributed by atoms with Crippen LogP contribution in [-0.2, 0) is 14.2 Å². The van der Waals surface area contributed by atoms with Crippen LogP contribution in [0.25, 0.3) is 5.69 Å². The number of nitrogens with zero attached hydrogens (tertiary/aromatic N) is 1. The van der Waals surface area contributed by atoms with Crippen molar-refractivity contribution in [2.45, 2.75) is 27.7 Å². The van der Waals surface area contributed by atoms with E-state index in [1.165, 1.54) is 10.8 Å². The van der Waals surface area contributed by atoms with E-state index in [0.717, 1.165) is 5.56 Å². The Morgan fingerprint density at radius 3 is 2.07 bits per heavy atom. The second kappa shape index (κ2) is 9.68. The van der Waals surface area contributed by atoms with Crippen LogP contribution in [0.2, 0.25) is 0 Å². The van der Waals surface area contributed by atoms with Crippen molar-refractivity contribution in [1.29, 1.82) is 0 Å². The minimum absolute atomic E-state index is 0.0192. The van der Waals surface area contributed by atoms with Crippen molar-refractivity contribution < 1.29 is 28.6 Å². The molecule has 0 N–H and O–H groups in total. The molecule has 0 saturated heterocycles. The first-order valence-corrected chi connectivity index (χ1v) is 9.23. The van der Waals surface area contributed by atoms with E-state index in [4.69, 9.17) is 14.2 Å². The summed E-state index contributed by atoms with van der Waals surface area (Å²) in [6.45, 7) is 6.65. The molecule has 0 aliphatic carbocycles. The number of carbonyl (C=O) groups excluding carboxylic acids is 3. The van der Waals surface area contributed by atoms with Crippen LogP contribution in [0.1, 0.15) is 57.5 Å². The molecule has 0 bridgehead atoms. The van der Waals surface area contributed by atoms with E-state index in [0.29, 0.717) is 5.69 Å². The Balaban J connectivity index is 2.94. The van der Waals surface area contributed by atoms with Gasteiger partial charge in [0.1, 0.15) is 11.1 Å². The van der Waals surface area contributed by atoms with Gasteiger partial charge in [-0.2, -0.15) is 0 Å². The Morgan fingerprint density at radius 1 is 0.897 bits per heavy atom. The number of ether oxygens (including phenoxy) is 3. The van der Waals surface area contributed by atoms with Crippen LogP contribution in [0, 0.1) is 6.92 Å². The first-order valence-electron chi connectivity index (χ1n) is 9.23. The van der Waals surface area contributed by atoms with Gasteiger partial charge in [0.15, 0.2) is 5.69 Å². The van der Waals surface area contributed by atoms with Crippen molar-refractivity contribution in [2.75, 3.05) is 19.8 Å². The van der Waals surface area contributed by atoms with E-state index in [1.807, 2.05) is 13.0 Å². The van der Waals surface area contributed by atoms with Gasteiger partial charge in [0.05, 0.1) is 19.8 Å². The lowest BCUT2D eigenvalue weighted by molar-refractivity contribution is 0.0465. The summed E-state index contributed by atoms with van der Waals surface area (Å²) in [6, 6.07) is 6.99. The first-order chi connectivity index (χ1) is 13.8. The molecule has 0 radical (unpaired) electrons. The summed E-state index contributed by atoms with van der Waals surface area (Å²) in [5.74, 6) is -2.81. The average Bonchev–Trinajstić information content (AvgIpc) is 2.67. The van der Waals surface area contributed by atoms with Gasteiger partial charge in [-0.3, -0.25) is 4.79 Å². The number of rotatable bonds is 7. The summed E-state index contributed by atoms with van der Waals surface area (Å²) in [5, 5.41) is 0. The molecule has 1 aromatic carbocycles. The summed E-state index contributed by atoms with van der Waals surface area (Å²) in [4.78, 5) is 50.6. The van der Waals surface area contributed by atoms with Crippen LogP contribution in [-0.4, -0.2) is 42.3 Å². The maximum absolute atomic E-state index is 13.0. The standard InChI is InChI=1S/C21H23NO7/c1-5-27-19(24)15-12-22(14-10-8-9-13(4)11-14)17(21(26)29-7-3)16(18(15)23)20(25)28-6-2/h8-12H,5-7H2,1-4H3. The Hall–Kier alpha value is -3.42. The van der Waals surface area contributed by atoms with Crippen LogP contribution < -0.4 is 5.43 Å². The van der Waals surface area contributed by atoms with E-state index < -0.39 is 28.9 Å². The van der Waals surface area contributed by atoms with Gasteiger partial charge in [-0.15, -0.1) is 0 Å². The fourth-order valence-electron chi connectivity index (χ4n) is 2.74. The Bertz CT molecular complexity index is 991. The minimum atomic E-state index is -1.02. The summed E-state index contributed by atoms with van der Waals surface area (Å²) in [5.41, 5.74) is -0.889. The third kappa shape index (κ3) is 4.71. The van der Waals surface area contributed by atoms with Crippen molar-refractivity contribution in [3.8, 4) is 5.69 Å². The zero-order valence-corrected chi connectivity index (χ0v) is 16.8. The van der Waals surface area contributed by atoms with Crippen molar-refractivity contribution in [3.63, 3.8) is 0 Å². The number of carbonyl (C=O) groups is 3. The maximum Gasteiger partial charge on any atom is 0.356 e. The molecule has 0 fully saturated rings. The van der Waals surface area contributed by atoms with Crippen LogP contribution >= 0.6 is 0 Å². The molecule has 0 unspecified atom stereocenters. The molecule has 0 aliphatic heterocycles. The molecule has 0 atom stereocenters. The third-order valence-electron chi connectivity index (χ3n) is 3.93. The highest BCUT2D eigenvalue weighted by Crippen LogP contribution is 2.19. The fraction of sp³-hybridized carbons (Fsp3) is 0.333. The molecule has 0 amide bonds. The molecule has 1 heterocycles. The van der Waals surface area contributed by atoms with Crippen LogP contribution in [0.3, 0.4) is 0 Å². The van der Waals surface area contributed by atoms with Crippen LogP contribution in [0.5, 0.6) is 0 Å². The highest BCUT2D eigenvalue weighted by molar-refractivity contribution is 6.04. The van der Waals surface area contributed by atoms with Crippen molar-refractivity contribution >= 4 is 17.9 Å². The summed E-state index contributed by atoms with van der Waals surface area (Å²) in [7, 11) is 0. The Kier molecular flexibility index (Phi) is 7.30. The van der Waals surface area contributed by atoms with E-state index >= 15 is 0 Å². The second-order valence-corrected chi connectivity index (χ2v) is 5.97. The molecule has 0 aliphatic rings. The predicted octanol–water partition coefficient (Wildman–Crippen LogP) is 2.68. The molecular weight excluding hydrogens is 378 g/mol. The number of hydrogen-bond donors (Lipinski definition) is 0. The topological polar surface area (TPSA) is 101 Å². The quantitative estimate of drug-likeness (QED) is 0.519. The van der Waals surface area contributed by atoms with Gasteiger partial charge in [-0.1, -0.05) is 12.1 Å². The molecule has 8 nitrogen and oxygen atoms in total. The molecule has 0 saturated carbocycles. The van der Waals surface area contributed by atoms with Crippen LogP contribution in [0.15, 0.2) is 35.3 Å². The first kappa shape index (κ1) is 21.9. The smallest absolute Gasteiger partial charge is 0.356 e. The average molecular weight is 401 g/mol. The molecule has 1 aromatic heterocycles. The van der Waals surface area contributed by atoms with Gasteiger partial charge in [0.2, 0.25) is 5.43 Å². The highest BCUT2D eigenvalue weighted by Gasteiger charge is 2.31. The number of hydrogen-bond acceptors (Lipinski definition) is 7. The van der Waals surface area contributed by atoms with Gasteiger partial charge in [0, 0.05) is 11.9 Å². The molecule has 29 heavy (non-hydrogen) atoms. The number of esters is 3. The van der Waals surface area contributed by atoms with Gasteiger partial charge in [0.25, 0.3) is 0 Å². The van der Waals surface area contributed by atoms with Gasteiger partial charge >= 0.3 is 17.9 Å². The normalized spacial score (nSPS) is 10.3. The number of aromatic nitrogens is 1. The summed E-state index contributed by atoms with van der Waals surface area (Å²) in [6.07, 6.45) is 1.18. The molecule has 8 heteroatoms. The van der Waals surface area contributed by atoms with E-state index in [9.17, 15) is 19.2 Å². The van der Waals surface area contributed by atoms with Crippen LogP contribution in [0.4, 0.5) is 0 Å². The second-order valence-electron chi connectivity index (χ2n) is 5.97. The van der Waals surface area contributed by atoms with Gasteiger partial charge in [-0.05, 0) is 45.4 Å². The zero-order valence-electron chi connectivity index (χ0n) is 16.8. The van der Waals surface area contributed by atoms with Gasteiger partial charge < -0.3 is 18.8 Å². The van der Waals surface area contributed by atoms with Crippen molar-refractivity contribution in [3.05, 3.63) is 63.1 Å². The SMILES string of the molecule is CCOC(=O)c1cn(-c2cccc(C)c2)c(C(=O)OCC)c(C(=O)OCC)c1=O. The summed E-state index contributed by atoms with van der Waals surface area (Å²) >= 11 is 0. The lowest BCUT2D eigenvalue weighted by atomic mass is 10.1.